The molecule has 0 radical (unpaired) electrons. The molecule has 3 aliphatic carbocycles. The van der Waals surface area contributed by atoms with Crippen LogP contribution < -0.4 is 15.1 Å². The van der Waals surface area contributed by atoms with E-state index in [1.807, 2.05) is 66.9 Å². The minimum absolute atomic E-state index is 0.178. The van der Waals surface area contributed by atoms with E-state index in [4.69, 9.17) is 9.84 Å². The van der Waals surface area contributed by atoms with Crippen molar-refractivity contribution in [2.75, 3.05) is 16.9 Å². The molecule has 1 saturated heterocycles. The van der Waals surface area contributed by atoms with Crippen molar-refractivity contribution in [3.05, 3.63) is 119 Å². The Morgan fingerprint density at radius 2 is 1.58 bits per heavy atom. The summed E-state index contributed by atoms with van der Waals surface area (Å²) in [7, 11) is 0. The number of aromatic nitrogens is 1. The highest BCUT2D eigenvalue weighted by Crippen LogP contribution is 2.63. The predicted molar refractivity (Wildman–Crippen MR) is 169 cm³/mol. The largest absolute Gasteiger partial charge is 0.494 e. The lowest BCUT2D eigenvalue weighted by Gasteiger charge is -2.52. The minimum Gasteiger partial charge on any atom is -0.494 e. The van der Waals surface area contributed by atoms with Gasteiger partial charge < -0.3 is 4.74 Å². The summed E-state index contributed by atoms with van der Waals surface area (Å²) < 4.78 is 6.81. The maximum absolute atomic E-state index is 14.6. The molecule has 4 aliphatic rings. The summed E-state index contributed by atoms with van der Waals surface area (Å²) in [6, 6.07) is 31.6. The first kappa shape index (κ1) is 25.9. The van der Waals surface area contributed by atoms with E-state index in [2.05, 4.69) is 41.6 Å². The van der Waals surface area contributed by atoms with Crippen LogP contribution in [0.4, 0.5) is 10.8 Å². The first-order chi connectivity index (χ1) is 21.1. The molecule has 2 amide bonds. The Bertz CT molecular complexity index is 1850. The summed E-state index contributed by atoms with van der Waals surface area (Å²) in [6.07, 6.45) is 2.74. The number of hydrazone groups is 1. The van der Waals surface area contributed by atoms with Crippen molar-refractivity contribution in [3.63, 3.8) is 0 Å². The van der Waals surface area contributed by atoms with Crippen LogP contribution in [-0.2, 0) is 15.0 Å². The molecule has 2 bridgehead atoms. The third-order valence-corrected chi connectivity index (χ3v) is 9.91. The number of carbonyl (C=O) groups is 2. The number of fused-ring (bicyclic) bond motifs is 1. The van der Waals surface area contributed by atoms with Gasteiger partial charge in [-0.05, 0) is 65.1 Å². The molecule has 5 aromatic rings. The highest BCUT2D eigenvalue weighted by Gasteiger charge is 2.68. The topological polar surface area (TPSA) is 83.9 Å². The number of carbonyl (C=O) groups excluding carboxylic acids is 2. The van der Waals surface area contributed by atoms with Crippen LogP contribution in [0.1, 0.15) is 41.5 Å². The van der Waals surface area contributed by atoms with E-state index in [-0.39, 0.29) is 17.7 Å². The zero-order chi connectivity index (χ0) is 29.1. The van der Waals surface area contributed by atoms with Crippen LogP contribution >= 0.6 is 11.3 Å². The number of benzene rings is 4. The lowest BCUT2D eigenvalue weighted by molar-refractivity contribution is -0.122. The first-order valence-corrected chi connectivity index (χ1v) is 15.4. The molecule has 1 aromatic heterocycles. The Morgan fingerprint density at radius 1 is 0.907 bits per heavy atom. The molecule has 8 heteroatoms. The Hall–Kier alpha value is -4.82. The summed E-state index contributed by atoms with van der Waals surface area (Å²) in [5, 5.41) is 5.42. The van der Waals surface area contributed by atoms with Gasteiger partial charge in [0.05, 0.1) is 39.8 Å². The minimum atomic E-state index is -0.943. The van der Waals surface area contributed by atoms with Crippen LogP contribution in [0, 0.1) is 11.8 Å². The molecule has 1 aliphatic heterocycles. The van der Waals surface area contributed by atoms with Gasteiger partial charge in [0.25, 0.3) is 0 Å². The molecule has 7 nitrogen and oxygen atoms in total. The van der Waals surface area contributed by atoms with E-state index >= 15 is 0 Å². The van der Waals surface area contributed by atoms with Crippen LogP contribution in [0.2, 0.25) is 0 Å². The quantitative estimate of drug-likeness (QED) is 0.130. The molecule has 2 atom stereocenters. The fourth-order valence-corrected chi connectivity index (χ4v) is 8.14. The molecule has 4 aromatic carbocycles. The van der Waals surface area contributed by atoms with Gasteiger partial charge in [-0.1, -0.05) is 78.9 Å². The van der Waals surface area contributed by atoms with E-state index in [1.54, 1.807) is 12.1 Å². The number of ether oxygens (including phenoxy) is 1. The van der Waals surface area contributed by atoms with E-state index in [9.17, 15) is 9.59 Å². The number of para-hydroxylation sites is 1. The molecule has 0 saturated carbocycles. The monoisotopic (exact) mass is 584 g/mol. The van der Waals surface area contributed by atoms with Crippen molar-refractivity contribution >= 4 is 50.4 Å². The maximum atomic E-state index is 14.6. The molecule has 43 heavy (non-hydrogen) atoms. The smallest absolute Gasteiger partial charge is 0.239 e. The molecule has 2 heterocycles. The SMILES string of the molecule is CCCOc1ccc(N2C(=O)[C@H]3C4c5ccccc5C(/C=N\Nc5nc6ccccc6s5)(c5ccccc54)[C@H]3C2=O)cc1. The van der Waals surface area contributed by atoms with Crippen molar-refractivity contribution in [1.29, 1.82) is 0 Å². The average Bonchev–Trinajstić information content (AvgIpc) is 3.58. The Labute approximate surface area is 252 Å². The van der Waals surface area contributed by atoms with Crippen molar-refractivity contribution in [2.24, 2.45) is 16.9 Å². The molecular weight excluding hydrogens is 556 g/mol. The number of amides is 2. The number of nitrogens with zero attached hydrogens (tertiary/aromatic N) is 3. The molecule has 212 valence electrons. The zero-order valence-corrected chi connectivity index (χ0v) is 24.3. The number of hydrogen-bond donors (Lipinski definition) is 1. The van der Waals surface area contributed by atoms with Crippen molar-refractivity contribution < 1.29 is 14.3 Å². The standard InChI is InChI=1S/C35H28N4O3S/c1-2-19-42-22-17-15-21(16-18-22)39-32(40)30-29-23-9-3-5-11-25(23)35(31(30)33(39)41,26-12-6-4-10-24(26)29)20-36-38-34-37-27-13-7-8-14-28(27)43-34/h3-18,20,29-31H,2,19H2,1H3,(H,37,38)/b36-20-/t29?,30-,31+,35?/m0/s1. The van der Waals surface area contributed by atoms with Gasteiger partial charge in [0, 0.05) is 12.1 Å². The maximum Gasteiger partial charge on any atom is 0.239 e. The Morgan fingerprint density at radius 3 is 2.28 bits per heavy atom. The highest BCUT2D eigenvalue weighted by atomic mass is 32.1. The lowest BCUT2D eigenvalue weighted by Crippen LogP contribution is -2.54. The van der Waals surface area contributed by atoms with Gasteiger partial charge in [-0.25, -0.2) is 9.88 Å². The van der Waals surface area contributed by atoms with Gasteiger partial charge in [-0.3, -0.25) is 15.0 Å². The average molecular weight is 585 g/mol. The van der Waals surface area contributed by atoms with Crippen LogP contribution in [0.5, 0.6) is 5.75 Å². The van der Waals surface area contributed by atoms with Gasteiger partial charge in [-0.2, -0.15) is 5.10 Å². The normalized spacial score (nSPS) is 23.5. The summed E-state index contributed by atoms with van der Waals surface area (Å²) in [4.78, 5) is 35.0. The number of rotatable bonds is 7. The zero-order valence-electron chi connectivity index (χ0n) is 23.4. The second kappa shape index (κ2) is 9.88. The summed E-state index contributed by atoms with van der Waals surface area (Å²) in [5.74, 6) is -1.10. The van der Waals surface area contributed by atoms with Crippen molar-refractivity contribution in [2.45, 2.75) is 24.7 Å². The summed E-state index contributed by atoms with van der Waals surface area (Å²) >= 11 is 1.52. The molecule has 1 fully saturated rings. The second-order valence-electron chi connectivity index (χ2n) is 11.2. The van der Waals surface area contributed by atoms with E-state index in [0.29, 0.717) is 23.2 Å². The van der Waals surface area contributed by atoms with Crippen LogP contribution in [0.15, 0.2) is 102 Å². The number of nitrogens with one attached hydrogen (secondary N) is 1. The highest BCUT2D eigenvalue weighted by molar-refractivity contribution is 7.22. The molecule has 9 rings (SSSR count). The van der Waals surface area contributed by atoms with E-state index in [1.165, 1.54) is 16.2 Å². The van der Waals surface area contributed by atoms with Gasteiger partial charge in [0.15, 0.2) is 0 Å². The second-order valence-corrected chi connectivity index (χ2v) is 12.3. The number of anilines is 2. The summed E-state index contributed by atoms with van der Waals surface area (Å²) in [6.45, 7) is 2.66. The lowest BCUT2D eigenvalue weighted by atomic mass is 9.47. The molecule has 0 unspecified atom stereocenters. The fraction of sp³-hybridized carbons (Fsp3) is 0.200. The third-order valence-electron chi connectivity index (χ3n) is 8.97. The fourth-order valence-electron chi connectivity index (χ4n) is 7.32. The van der Waals surface area contributed by atoms with Gasteiger partial charge in [-0.15, -0.1) is 0 Å². The summed E-state index contributed by atoms with van der Waals surface area (Å²) in [5.41, 5.74) is 7.83. The van der Waals surface area contributed by atoms with Crippen molar-refractivity contribution in [3.8, 4) is 5.75 Å². The van der Waals surface area contributed by atoms with Crippen LogP contribution in [0.3, 0.4) is 0 Å². The van der Waals surface area contributed by atoms with E-state index < -0.39 is 17.3 Å². The van der Waals surface area contributed by atoms with Gasteiger partial charge in [0.1, 0.15) is 5.75 Å². The molecular formula is C35H28N4O3S. The molecule has 0 spiro atoms. The number of thiazole rings is 1. The van der Waals surface area contributed by atoms with Crippen molar-refractivity contribution in [1.82, 2.24) is 4.98 Å². The molecule has 1 N–H and O–H groups in total. The van der Waals surface area contributed by atoms with Gasteiger partial charge >= 0.3 is 0 Å². The Kier molecular flexibility index (Phi) is 5.94. The van der Waals surface area contributed by atoms with Crippen LogP contribution in [-0.4, -0.2) is 29.6 Å². The number of imide groups is 1. The third kappa shape index (κ3) is 3.72. The Balaban J connectivity index is 1.26. The van der Waals surface area contributed by atoms with E-state index in [0.717, 1.165) is 38.9 Å². The van der Waals surface area contributed by atoms with Gasteiger partial charge in [0.2, 0.25) is 16.9 Å². The predicted octanol–water partition coefficient (Wildman–Crippen LogP) is 6.73. The number of hydrogen-bond acceptors (Lipinski definition) is 7. The first-order valence-electron chi connectivity index (χ1n) is 14.6. The van der Waals surface area contributed by atoms with Crippen LogP contribution in [0.25, 0.3) is 10.2 Å².